The number of nitrogens with one attached hydrogen (secondary N) is 1. The summed E-state index contributed by atoms with van der Waals surface area (Å²) >= 11 is 0. The van der Waals surface area contributed by atoms with Gasteiger partial charge in [0.2, 0.25) is 0 Å². The Hall–Kier alpha value is -4.10. The smallest absolute Gasteiger partial charge is 0.0158 e. The van der Waals surface area contributed by atoms with Crippen LogP contribution in [-0.4, -0.2) is 4.98 Å². The molecule has 0 spiro atoms. The Balaban J connectivity index is 0.000000431. The molecule has 1 nitrogen and oxygen atoms in total. The highest BCUT2D eigenvalue weighted by atomic mass is 14.6. The number of fused-ring (bicyclic) bond motifs is 5. The summed E-state index contributed by atoms with van der Waals surface area (Å²) in [6, 6.07) is 44.3. The SMILES string of the molecule is c1cc[nH]c1.c1ccc(C(c2ccccc2)C2CCCc3c2ccc2c3ccc3ccccc32)cc1. The topological polar surface area (TPSA) is 15.8 Å². The molecule has 1 heterocycles. The normalized spacial score (nSPS) is 14.9. The molecule has 0 fully saturated rings. The number of hydrogen-bond acceptors (Lipinski definition) is 0. The first-order valence-electron chi connectivity index (χ1n) is 13.0. The van der Waals surface area contributed by atoms with Crippen molar-refractivity contribution >= 4 is 21.5 Å². The second-order valence-electron chi connectivity index (χ2n) is 9.70. The summed E-state index contributed by atoms with van der Waals surface area (Å²) in [5.74, 6) is 0.892. The van der Waals surface area contributed by atoms with Crippen molar-refractivity contribution in [1.29, 1.82) is 0 Å². The van der Waals surface area contributed by atoms with Gasteiger partial charge < -0.3 is 4.98 Å². The zero-order valence-corrected chi connectivity index (χ0v) is 20.5. The molecule has 0 aliphatic heterocycles. The van der Waals surface area contributed by atoms with Crippen molar-refractivity contribution in [2.24, 2.45) is 0 Å². The van der Waals surface area contributed by atoms with E-state index in [1.807, 2.05) is 24.5 Å². The van der Waals surface area contributed by atoms with Crippen LogP contribution in [0.25, 0.3) is 21.5 Å². The monoisotopic (exact) mass is 465 g/mol. The van der Waals surface area contributed by atoms with Crippen molar-refractivity contribution in [3.05, 3.63) is 156 Å². The fourth-order valence-electron chi connectivity index (χ4n) is 6.05. The van der Waals surface area contributed by atoms with Gasteiger partial charge in [-0.2, -0.15) is 0 Å². The number of rotatable bonds is 3. The number of benzene rings is 5. The summed E-state index contributed by atoms with van der Waals surface area (Å²) in [5, 5.41) is 5.54. The Kier molecular flexibility index (Phi) is 6.37. The molecule has 36 heavy (non-hydrogen) atoms. The lowest BCUT2D eigenvalue weighted by Gasteiger charge is -2.34. The molecule has 0 saturated heterocycles. The molecule has 1 atom stereocenters. The maximum Gasteiger partial charge on any atom is 0.0158 e. The second kappa shape index (κ2) is 10.3. The van der Waals surface area contributed by atoms with Crippen molar-refractivity contribution in [3.63, 3.8) is 0 Å². The fourth-order valence-corrected chi connectivity index (χ4v) is 6.05. The summed E-state index contributed by atoms with van der Waals surface area (Å²) in [5.41, 5.74) is 5.96. The minimum atomic E-state index is 0.388. The van der Waals surface area contributed by atoms with Crippen molar-refractivity contribution in [3.8, 4) is 0 Å². The Morgan fingerprint density at radius 1 is 0.556 bits per heavy atom. The molecule has 5 aromatic carbocycles. The summed E-state index contributed by atoms with van der Waals surface area (Å²) in [4.78, 5) is 2.86. The van der Waals surface area contributed by atoms with Crippen LogP contribution in [0.2, 0.25) is 0 Å². The Bertz CT molecular complexity index is 1490. The van der Waals surface area contributed by atoms with Gasteiger partial charge in [-0.05, 0) is 81.1 Å². The van der Waals surface area contributed by atoms with Crippen LogP contribution in [0.4, 0.5) is 0 Å². The van der Waals surface area contributed by atoms with E-state index in [2.05, 4.69) is 114 Å². The third-order valence-corrected chi connectivity index (χ3v) is 7.63. The number of aromatic nitrogens is 1. The van der Waals surface area contributed by atoms with E-state index in [9.17, 15) is 0 Å². The van der Waals surface area contributed by atoms with Crippen molar-refractivity contribution < 1.29 is 0 Å². The first-order valence-corrected chi connectivity index (χ1v) is 13.0. The lowest BCUT2D eigenvalue weighted by Crippen LogP contribution is -2.18. The van der Waals surface area contributed by atoms with Crippen LogP contribution < -0.4 is 0 Å². The van der Waals surface area contributed by atoms with Crippen LogP contribution in [0.15, 0.2) is 134 Å². The minimum Gasteiger partial charge on any atom is -0.368 e. The first kappa shape index (κ1) is 22.4. The standard InChI is InChI=1S/C31H26.C4H5N/c1-3-11-23(12-4-1)31(24-13-5-2-6-14-24)30-17-9-16-26-28-19-18-22-10-7-8-15-25(22)27(28)20-21-29(26)30;1-2-4-5-3-1/h1-8,10-15,18-21,30-31H,9,16-17H2;1-5H. The fraction of sp³-hybridized carbons (Fsp3) is 0.143. The van der Waals surface area contributed by atoms with E-state index >= 15 is 0 Å². The highest BCUT2D eigenvalue weighted by Gasteiger charge is 2.31. The third-order valence-electron chi connectivity index (χ3n) is 7.63. The summed E-state index contributed by atoms with van der Waals surface area (Å²) < 4.78 is 0. The zero-order chi connectivity index (χ0) is 24.2. The van der Waals surface area contributed by atoms with E-state index in [-0.39, 0.29) is 0 Å². The molecular weight excluding hydrogens is 434 g/mol. The Morgan fingerprint density at radius 2 is 1.19 bits per heavy atom. The molecule has 6 aromatic rings. The van der Waals surface area contributed by atoms with Crippen LogP contribution in [0.1, 0.15) is 46.9 Å². The number of aromatic amines is 1. The number of H-pyrrole nitrogens is 1. The lowest BCUT2D eigenvalue weighted by atomic mass is 9.70. The molecule has 0 radical (unpaired) electrons. The number of hydrogen-bond donors (Lipinski definition) is 1. The predicted octanol–water partition coefficient (Wildman–Crippen LogP) is 9.26. The molecule has 1 heteroatoms. The van der Waals surface area contributed by atoms with Crippen LogP contribution in [0.5, 0.6) is 0 Å². The molecule has 0 amide bonds. The van der Waals surface area contributed by atoms with Gasteiger partial charge in [0.15, 0.2) is 0 Å². The molecular formula is C35H31N. The van der Waals surface area contributed by atoms with Gasteiger partial charge in [0.25, 0.3) is 0 Å². The van der Waals surface area contributed by atoms with Crippen LogP contribution in [-0.2, 0) is 6.42 Å². The summed E-state index contributed by atoms with van der Waals surface area (Å²) in [6.07, 6.45) is 7.41. The van der Waals surface area contributed by atoms with Crippen LogP contribution >= 0.6 is 0 Å². The summed E-state index contributed by atoms with van der Waals surface area (Å²) in [6.45, 7) is 0. The Morgan fingerprint density at radius 3 is 1.86 bits per heavy atom. The van der Waals surface area contributed by atoms with Gasteiger partial charge in [-0.25, -0.2) is 0 Å². The molecule has 1 unspecified atom stereocenters. The van der Waals surface area contributed by atoms with Crippen molar-refractivity contribution in [1.82, 2.24) is 4.98 Å². The zero-order valence-electron chi connectivity index (χ0n) is 20.5. The molecule has 0 saturated carbocycles. The highest BCUT2D eigenvalue weighted by Crippen LogP contribution is 2.47. The average molecular weight is 466 g/mol. The van der Waals surface area contributed by atoms with E-state index < -0.39 is 0 Å². The van der Waals surface area contributed by atoms with E-state index in [0.717, 1.165) is 0 Å². The van der Waals surface area contributed by atoms with Crippen LogP contribution in [0.3, 0.4) is 0 Å². The van der Waals surface area contributed by atoms with E-state index in [1.165, 1.54) is 51.9 Å². The molecule has 1 aromatic heterocycles. The summed E-state index contributed by atoms with van der Waals surface area (Å²) in [7, 11) is 0. The van der Waals surface area contributed by atoms with Gasteiger partial charge in [-0.15, -0.1) is 0 Å². The Labute approximate surface area is 213 Å². The van der Waals surface area contributed by atoms with Gasteiger partial charge in [0.05, 0.1) is 0 Å². The van der Waals surface area contributed by atoms with Gasteiger partial charge in [0.1, 0.15) is 0 Å². The lowest BCUT2D eigenvalue weighted by molar-refractivity contribution is 0.507. The molecule has 1 N–H and O–H groups in total. The molecule has 0 bridgehead atoms. The first-order chi connectivity index (χ1) is 17.9. The predicted molar refractivity (Wildman–Crippen MR) is 153 cm³/mol. The van der Waals surface area contributed by atoms with Crippen molar-refractivity contribution in [2.75, 3.05) is 0 Å². The van der Waals surface area contributed by atoms with Crippen LogP contribution in [0, 0.1) is 0 Å². The van der Waals surface area contributed by atoms with E-state index in [4.69, 9.17) is 0 Å². The van der Waals surface area contributed by atoms with E-state index in [1.54, 1.807) is 11.1 Å². The third kappa shape index (κ3) is 4.33. The minimum absolute atomic E-state index is 0.388. The molecule has 1 aliphatic carbocycles. The van der Waals surface area contributed by atoms with Gasteiger partial charge in [-0.1, -0.05) is 109 Å². The van der Waals surface area contributed by atoms with Gasteiger partial charge in [0, 0.05) is 18.3 Å². The molecule has 7 rings (SSSR count). The quantitative estimate of drug-likeness (QED) is 0.251. The highest BCUT2D eigenvalue weighted by molar-refractivity contribution is 6.08. The second-order valence-corrected chi connectivity index (χ2v) is 9.70. The van der Waals surface area contributed by atoms with Gasteiger partial charge >= 0.3 is 0 Å². The maximum absolute atomic E-state index is 2.86. The molecule has 1 aliphatic rings. The van der Waals surface area contributed by atoms with Gasteiger partial charge in [-0.3, -0.25) is 0 Å². The van der Waals surface area contributed by atoms with Crippen molar-refractivity contribution in [2.45, 2.75) is 31.1 Å². The molecule has 176 valence electrons. The maximum atomic E-state index is 2.86. The number of aryl methyl sites for hydroxylation is 1. The van der Waals surface area contributed by atoms with E-state index in [0.29, 0.717) is 11.8 Å². The average Bonchev–Trinajstić information content (AvgIpc) is 3.55. The largest absolute Gasteiger partial charge is 0.368 e.